The normalized spacial score (nSPS) is 25.0. The van der Waals surface area contributed by atoms with Gasteiger partial charge >= 0.3 is 0 Å². The van der Waals surface area contributed by atoms with Crippen LogP contribution in [0.3, 0.4) is 0 Å². The number of sulfone groups is 1. The monoisotopic (exact) mass is 410 g/mol. The number of amides is 1. The summed E-state index contributed by atoms with van der Waals surface area (Å²) in [6, 6.07) is 7.76. The summed E-state index contributed by atoms with van der Waals surface area (Å²) >= 11 is 1.45. The van der Waals surface area contributed by atoms with E-state index in [1.807, 2.05) is 36.1 Å². The Balaban J connectivity index is 1.73. The Labute approximate surface area is 165 Å². The fourth-order valence-electron chi connectivity index (χ4n) is 3.43. The third-order valence-electron chi connectivity index (χ3n) is 4.94. The topological polar surface area (TPSA) is 76.0 Å². The Bertz CT molecular complexity index is 806. The number of thioether (sulfide) groups is 1. The highest BCUT2D eigenvalue weighted by atomic mass is 32.2. The van der Waals surface area contributed by atoms with Crippen molar-refractivity contribution in [2.75, 3.05) is 25.2 Å². The largest absolute Gasteiger partial charge is 0.497 e. The van der Waals surface area contributed by atoms with Crippen LogP contribution in [0.15, 0.2) is 29.3 Å². The molecule has 2 aliphatic heterocycles. The molecular weight excluding hydrogens is 384 g/mol. The number of unbranched alkanes of at least 4 members (excludes halogenated alkanes) is 1. The first-order valence-electron chi connectivity index (χ1n) is 9.30. The van der Waals surface area contributed by atoms with Gasteiger partial charge in [-0.15, -0.1) is 0 Å². The third kappa shape index (κ3) is 5.04. The number of hydrogen-bond donors (Lipinski definition) is 0. The number of aliphatic imine (C=N–C) groups is 1. The zero-order chi connectivity index (χ0) is 19.4. The maximum Gasteiger partial charge on any atom is 0.248 e. The van der Waals surface area contributed by atoms with Crippen molar-refractivity contribution in [3.63, 3.8) is 0 Å². The van der Waals surface area contributed by atoms with Crippen LogP contribution in [0.2, 0.25) is 0 Å². The van der Waals surface area contributed by atoms with Gasteiger partial charge in [0.15, 0.2) is 15.0 Å². The number of nitrogens with zero attached hydrogens (tertiary/aromatic N) is 2. The number of methoxy groups -OCH3 is 1. The van der Waals surface area contributed by atoms with Gasteiger partial charge in [-0.2, -0.15) is 4.99 Å². The Morgan fingerprint density at radius 1 is 1.30 bits per heavy atom. The van der Waals surface area contributed by atoms with Crippen molar-refractivity contribution in [1.29, 1.82) is 0 Å². The van der Waals surface area contributed by atoms with Crippen LogP contribution in [-0.2, 0) is 21.1 Å². The fourth-order valence-corrected chi connectivity index (χ4v) is 7.42. The molecule has 6 nitrogen and oxygen atoms in total. The minimum atomic E-state index is -3.02. The number of amidine groups is 1. The predicted molar refractivity (Wildman–Crippen MR) is 109 cm³/mol. The molecule has 148 valence electrons. The first kappa shape index (κ1) is 20.2. The molecule has 1 aromatic carbocycles. The molecule has 0 bridgehead atoms. The van der Waals surface area contributed by atoms with E-state index in [2.05, 4.69) is 4.99 Å². The molecule has 0 unspecified atom stereocenters. The third-order valence-corrected chi connectivity index (χ3v) is 8.19. The molecule has 0 aliphatic carbocycles. The second kappa shape index (κ2) is 8.65. The van der Waals surface area contributed by atoms with Gasteiger partial charge < -0.3 is 9.64 Å². The van der Waals surface area contributed by atoms with Crippen molar-refractivity contribution in [3.8, 4) is 5.75 Å². The number of fused-ring (bicyclic) bond motifs is 1. The first-order chi connectivity index (χ1) is 12.9. The van der Waals surface area contributed by atoms with E-state index in [1.165, 1.54) is 11.8 Å². The van der Waals surface area contributed by atoms with Crippen molar-refractivity contribution in [2.45, 2.75) is 43.9 Å². The number of carbonyl (C=O) groups excluding carboxylic acids is 1. The van der Waals surface area contributed by atoms with Gasteiger partial charge in [0, 0.05) is 18.2 Å². The van der Waals surface area contributed by atoms with Crippen molar-refractivity contribution < 1.29 is 17.9 Å². The van der Waals surface area contributed by atoms with E-state index < -0.39 is 9.84 Å². The predicted octanol–water partition coefficient (Wildman–Crippen LogP) is 2.52. The SMILES string of the molecule is CCCCC(=O)N=C1S[C@@H]2CS(=O)(=O)C[C@@H]2N1CCc1ccc(OC)cc1. The zero-order valence-corrected chi connectivity index (χ0v) is 17.4. The highest BCUT2D eigenvalue weighted by molar-refractivity contribution is 8.15. The van der Waals surface area contributed by atoms with Crippen LogP contribution in [0.5, 0.6) is 5.75 Å². The maximum absolute atomic E-state index is 12.1. The standard InChI is InChI=1S/C19H26N2O4S2/c1-3-4-5-18(22)20-19-21(16-12-27(23,24)13-17(16)26-19)11-10-14-6-8-15(25-2)9-7-14/h6-9,16-17H,3-5,10-13H2,1-2H3/t16-,17+/m0/s1. The minimum Gasteiger partial charge on any atom is -0.497 e. The molecule has 2 heterocycles. The molecule has 2 fully saturated rings. The zero-order valence-electron chi connectivity index (χ0n) is 15.8. The quantitative estimate of drug-likeness (QED) is 0.688. The lowest BCUT2D eigenvalue weighted by molar-refractivity contribution is -0.117. The molecule has 27 heavy (non-hydrogen) atoms. The molecule has 0 saturated carbocycles. The lowest BCUT2D eigenvalue weighted by Crippen LogP contribution is -2.39. The van der Waals surface area contributed by atoms with Crippen molar-refractivity contribution in [1.82, 2.24) is 4.90 Å². The summed E-state index contributed by atoms with van der Waals surface area (Å²) in [5.41, 5.74) is 1.14. The van der Waals surface area contributed by atoms with Crippen LogP contribution in [-0.4, -0.2) is 60.8 Å². The van der Waals surface area contributed by atoms with Gasteiger partial charge in [-0.25, -0.2) is 8.42 Å². The molecule has 0 radical (unpaired) electrons. The van der Waals surface area contributed by atoms with Gasteiger partial charge in [-0.3, -0.25) is 4.79 Å². The van der Waals surface area contributed by atoms with E-state index in [9.17, 15) is 13.2 Å². The molecule has 3 rings (SSSR count). The molecule has 0 spiro atoms. The highest BCUT2D eigenvalue weighted by Gasteiger charge is 2.48. The second-order valence-electron chi connectivity index (χ2n) is 6.98. The van der Waals surface area contributed by atoms with Gasteiger partial charge in [-0.1, -0.05) is 37.2 Å². The smallest absolute Gasteiger partial charge is 0.248 e. The van der Waals surface area contributed by atoms with Gasteiger partial charge in [0.2, 0.25) is 5.91 Å². The highest BCUT2D eigenvalue weighted by Crippen LogP contribution is 2.38. The summed E-state index contributed by atoms with van der Waals surface area (Å²) in [6.45, 7) is 2.69. The lowest BCUT2D eigenvalue weighted by Gasteiger charge is -2.24. The van der Waals surface area contributed by atoms with Gasteiger partial charge in [-0.05, 0) is 30.5 Å². The molecule has 1 amide bonds. The molecule has 1 aromatic rings. The molecule has 2 aliphatic rings. The molecule has 2 saturated heterocycles. The van der Waals surface area contributed by atoms with E-state index >= 15 is 0 Å². The number of rotatable bonds is 7. The summed E-state index contributed by atoms with van der Waals surface area (Å²) in [5, 5.41) is 0.665. The van der Waals surface area contributed by atoms with Gasteiger partial charge in [0.1, 0.15) is 5.75 Å². The van der Waals surface area contributed by atoms with E-state index in [0.717, 1.165) is 30.6 Å². The molecule has 2 atom stereocenters. The van der Waals surface area contributed by atoms with Crippen molar-refractivity contribution >= 4 is 32.7 Å². The Morgan fingerprint density at radius 3 is 2.70 bits per heavy atom. The van der Waals surface area contributed by atoms with E-state index in [1.54, 1.807) is 7.11 Å². The maximum atomic E-state index is 12.1. The number of ether oxygens (including phenoxy) is 1. The van der Waals surface area contributed by atoms with Crippen molar-refractivity contribution in [2.24, 2.45) is 4.99 Å². The van der Waals surface area contributed by atoms with Crippen LogP contribution < -0.4 is 4.74 Å². The first-order valence-corrected chi connectivity index (χ1v) is 12.0. The summed E-state index contributed by atoms with van der Waals surface area (Å²) in [6.07, 6.45) is 2.98. The Kier molecular flexibility index (Phi) is 6.47. The summed E-state index contributed by atoms with van der Waals surface area (Å²) in [7, 11) is -1.38. The average molecular weight is 411 g/mol. The molecule has 0 N–H and O–H groups in total. The van der Waals surface area contributed by atoms with Crippen LogP contribution in [0, 0.1) is 0 Å². The van der Waals surface area contributed by atoms with E-state index in [0.29, 0.717) is 18.1 Å². The lowest BCUT2D eigenvalue weighted by atomic mass is 10.1. The van der Waals surface area contributed by atoms with Crippen molar-refractivity contribution in [3.05, 3.63) is 29.8 Å². The van der Waals surface area contributed by atoms with Crippen LogP contribution in [0.1, 0.15) is 31.7 Å². The Hall–Kier alpha value is -1.54. The number of carbonyl (C=O) groups is 1. The average Bonchev–Trinajstić information content (AvgIpc) is 3.09. The summed E-state index contributed by atoms with van der Waals surface area (Å²) in [5.74, 6) is 1.01. The van der Waals surface area contributed by atoms with E-state index in [-0.39, 0.29) is 28.7 Å². The van der Waals surface area contributed by atoms with Gasteiger partial charge in [0.05, 0.1) is 24.7 Å². The van der Waals surface area contributed by atoms with Crippen LogP contribution in [0.4, 0.5) is 0 Å². The fraction of sp³-hybridized carbons (Fsp3) is 0.579. The summed E-state index contributed by atoms with van der Waals surface area (Å²) in [4.78, 5) is 18.5. The molecule has 8 heteroatoms. The minimum absolute atomic E-state index is 0.0245. The second-order valence-corrected chi connectivity index (χ2v) is 10.3. The number of benzene rings is 1. The summed E-state index contributed by atoms with van der Waals surface area (Å²) < 4.78 is 29.3. The molecular formula is C19H26N2O4S2. The Morgan fingerprint density at radius 2 is 2.04 bits per heavy atom. The van der Waals surface area contributed by atoms with Gasteiger partial charge in [0.25, 0.3) is 0 Å². The number of hydrogen-bond acceptors (Lipinski definition) is 5. The van der Waals surface area contributed by atoms with Crippen LogP contribution in [0.25, 0.3) is 0 Å². The van der Waals surface area contributed by atoms with E-state index in [4.69, 9.17) is 4.74 Å². The molecule has 0 aromatic heterocycles. The van der Waals surface area contributed by atoms with Crippen LogP contribution >= 0.6 is 11.8 Å².